The van der Waals surface area contributed by atoms with Crippen LogP contribution in [0.2, 0.25) is 0 Å². The molecule has 3 nitrogen and oxygen atoms in total. The van der Waals surface area contributed by atoms with Gasteiger partial charge in [0, 0.05) is 24.8 Å². The maximum absolute atomic E-state index is 11.2. The lowest BCUT2D eigenvalue weighted by molar-refractivity contribution is -0.120. The summed E-state index contributed by atoms with van der Waals surface area (Å²) in [4.78, 5) is 11.2. The molecule has 1 unspecified atom stereocenters. The Hall–Kier alpha value is -0.220. The number of hydrogen-bond acceptors (Lipinski definition) is 3. The van der Waals surface area contributed by atoms with Crippen LogP contribution in [0, 0.1) is 5.92 Å². The molecule has 4 heteroatoms. The highest BCUT2D eigenvalue weighted by Gasteiger charge is 2.22. The van der Waals surface area contributed by atoms with E-state index in [1.54, 1.807) is 11.8 Å². The molecular weight excluding hydrogens is 198 g/mol. The summed E-state index contributed by atoms with van der Waals surface area (Å²) in [6.07, 6.45) is 2.92. The smallest absolute Gasteiger partial charge is 0.221 e. The Bertz CT molecular complexity index is 183. The van der Waals surface area contributed by atoms with Gasteiger partial charge in [0.1, 0.15) is 0 Å². The summed E-state index contributed by atoms with van der Waals surface area (Å²) in [5.74, 6) is 2.32. The van der Waals surface area contributed by atoms with Gasteiger partial charge < -0.3 is 10.4 Å². The Morgan fingerprint density at radius 3 is 2.93 bits per heavy atom. The van der Waals surface area contributed by atoms with E-state index in [1.807, 2.05) is 6.92 Å². The highest BCUT2D eigenvalue weighted by Crippen LogP contribution is 2.18. The quantitative estimate of drug-likeness (QED) is 0.626. The zero-order chi connectivity index (χ0) is 10.4. The molecule has 0 spiro atoms. The second-order valence-corrected chi connectivity index (χ2v) is 5.10. The van der Waals surface area contributed by atoms with Crippen molar-refractivity contribution in [3.63, 3.8) is 0 Å². The number of hydrogen-bond donors (Lipinski definition) is 2. The predicted molar refractivity (Wildman–Crippen MR) is 59.4 cm³/mol. The monoisotopic (exact) mass is 217 g/mol. The van der Waals surface area contributed by atoms with E-state index >= 15 is 0 Å². The van der Waals surface area contributed by atoms with Crippen LogP contribution in [0.4, 0.5) is 0 Å². The first-order valence-corrected chi connectivity index (χ1v) is 6.35. The van der Waals surface area contributed by atoms with Crippen molar-refractivity contribution in [1.29, 1.82) is 0 Å². The molecule has 1 rings (SSSR count). The molecule has 0 aromatic rings. The third-order valence-electron chi connectivity index (χ3n) is 2.13. The first-order chi connectivity index (χ1) is 6.72. The number of carbonyl (C=O) groups is 1. The van der Waals surface area contributed by atoms with Gasteiger partial charge in [0.05, 0.1) is 0 Å². The number of rotatable bonds is 7. The normalized spacial score (nSPS) is 17.9. The highest BCUT2D eigenvalue weighted by molar-refractivity contribution is 7.99. The zero-order valence-corrected chi connectivity index (χ0v) is 9.48. The molecule has 0 radical (unpaired) electrons. The van der Waals surface area contributed by atoms with Crippen molar-refractivity contribution in [1.82, 2.24) is 5.32 Å². The van der Waals surface area contributed by atoms with Crippen LogP contribution in [-0.2, 0) is 4.79 Å². The minimum atomic E-state index is 0.177. The lowest BCUT2D eigenvalue weighted by Gasteiger charge is -2.06. The standard InChI is InChI=1S/C10H19NO2S/c1-8(6-12)7-14-5-4-10(13)11-9-2-3-9/h8-9,12H,2-7H2,1H3,(H,11,13). The van der Waals surface area contributed by atoms with E-state index < -0.39 is 0 Å². The fourth-order valence-corrected chi connectivity index (χ4v) is 2.03. The lowest BCUT2D eigenvalue weighted by atomic mass is 10.2. The van der Waals surface area contributed by atoms with Gasteiger partial charge >= 0.3 is 0 Å². The van der Waals surface area contributed by atoms with Crippen LogP contribution in [0.5, 0.6) is 0 Å². The van der Waals surface area contributed by atoms with Crippen molar-refractivity contribution in [3.05, 3.63) is 0 Å². The molecule has 1 aliphatic carbocycles. The summed E-state index contributed by atoms with van der Waals surface area (Å²) in [7, 11) is 0. The fourth-order valence-electron chi connectivity index (χ4n) is 1.03. The number of thioether (sulfide) groups is 1. The number of aliphatic hydroxyl groups is 1. The van der Waals surface area contributed by atoms with Crippen LogP contribution in [0.1, 0.15) is 26.2 Å². The Morgan fingerprint density at radius 2 is 2.36 bits per heavy atom. The molecule has 1 saturated carbocycles. The molecule has 0 bridgehead atoms. The van der Waals surface area contributed by atoms with Gasteiger partial charge in [-0.25, -0.2) is 0 Å². The van der Waals surface area contributed by atoms with Gasteiger partial charge in [0.2, 0.25) is 5.91 Å². The Kier molecular flexibility index (Phi) is 5.33. The van der Waals surface area contributed by atoms with E-state index in [-0.39, 0.29) is 12.5 Å². The van der Waals surface area contributed by atoms with E-state index in [9.17, 15) is 4.79 Å². The summed E-state index contributed by atoms with van der Waals surface area (Å²) < 4.78 is 0. The van der Waals surface area contributed by atoms with E-state index in [1.165, 1.54) is 0 Å². The van der Waals surface area contributed by atoms with Gasteiger partial charge in [0.15, 0.2) is 0 Å². The third-order valence-corrected chi connectivity index (χ3v) is 3.43. The van der Waals surface area contributed by atoms with Gasteiger partial charge in [-0.2, -0.15) is 11.8 Å². The first-order valence-electron chi connectivity index (χ1n) is 5.20. The molecule has 0 aromatic carbocycles. The van der Waals surface area contributed by atoms with Crippen LogP contribution in [0.3, 0.4) is 0 Å². The maximum Gasteiger partial charge on any atom is 0.221 e. The van der Waals surface area contributed by atoms with Gasteiger partial charge in [-0.15, -0.1) is 0 Å². The van der Waals surface area contributed by atoms with Gasteiger partial charge in [-0.3, -0.25) is 4.79 Å². The van der Waals surface area contributed by atoms with Crippen LogP contribution < -0.4 is 5.32 Å². The summed E-state index contributed by atoms with van der Waals surface area (Å²) in [6.45, 7) is 2.25. The topological polar surface area (TPSA) is 49.3 Å². The molecule has 1 aliphatic rings. The van der Waals surface area contributed by atoms with Gasteiger partial charge in [0.25, 0.3) is 0 Å². The van der Waals surface area contributed by atoms with Gasteiger partial charge in [-0.1, -0.05) is 6.92 Å². The third kappa shape index (κ3) is 5.50. The molecule has 0 aromatic heterocycles. The number of aliphatic hydroxyl groups excluding tert-OH is 1. The minimum absolute atomic E-state index is 0.177. The second-order valence-electron chi connectivity index (χ2n) is 3.95. The second kappa shape index (κ2) is 6.30. The molecule has 1 fully saturated rings. The fraction of sp³-hybridized carbons (Fsp3) is 0.900. The Labute approximate surface area is 89.6 Å². The van der Waals surface area contributed by atoms with E-state index in [0.717, 1.165) is 24.3 Å². The SMILES string of the molecule is CC(CO)CSCCC(=O)NC1CC1. The Morgan fingerprint density at radius 1 is 1.64 bits per heavy atom. The van der Waals surface area contributed by atoms with E-state index in [2.05, 4.69) is 5.32 Å². The van der Waals surface area contributed by atoms with Gasteiger partial charge in [-0.05, 0) is 24.5 Å². The summed E-state index contributed by atoms with van der Waals surface area (Å²) in [6, 6.07) is 0.476. The molecule has 1 atom stereocenters. The van der Waals surface area contributed by atoms with Crippen molar-refractivity contribution in [2.75, 3.05) is 18.1 Å². The lowest BCUT2D eigenvalue weighted by Crippen LogP contribution is -2.25. The van der Waals surface area contributed by atoms with Crippen LogP contribution in [0.25, 0.3) is 0 Å². The largest absolute Gasteiger partial charge is 0.396 e. The van der Waals surface area contributed by atoms with E-state index in [0.29, 0.717) is 18.4 Å². The Balaban J connectivity index is 1.89. The van der Waals surface area contributed by atoms with Crippen molar-refractivity contribution in [2.45, 2.75) is 32.2 Å². The van der Waals surface area contributed by atoms with Crippen LogP contribution in [-0.4, -0.2) is 35.2 Å². The van der Waals surface area contributed by atoms with Crippen molar-refractivity contribution in [3.8, 4) is 0 Å². The zero-order valence-electron chi connectivity index (χ0n) is 8.66. The van der Waals surface area contributed by atoms with Crippen molar-refractivity contribution in [2.24, 2.45) is 5.92 Å². The average Bonchev–Trinajstić information content (AvgIpc) is 2.95. The molecule has 2 N–H and O–H groups in total. The average molecular weight is 217 g/mol. The first kappa shape index (κ1) is 11.9. The molecule has 82 valence electrons. The number of carbonyl (C=O) groups excluding carboxylic acids is 1. The number of amides is 1. The summed E-state index contributed by atoms with van der Waals surface area (Å²) in [5.41, 5.74) is 0. The summed E-state index contributed by atoms with van der Waals surface area (Å²) in [5, 5.41) is 11.7. The maximum atomic E-state index is 11.2. The van der Waals surface area contributed by atoms with Crippen molar-refractivity contribution >= 4 is 17.7 Å². The molecule has 0 aliphatic heterocycles. The molecule has 14 heavy (non-hydrogen) atoms. The minimum Gasteiger partial charge on any atom is -0.396 e. The molecular formula is C10H19NO2S. The molecule has 0 heterocycles. The van der Waals surface area contributed by atoms with Crippen molar-refractivity contribution < 1.29 is 9.90 Å². The molecule has 1 amide bonds. The summed E-state index contributed by atoms with van der Waals surface area (Å²) >= 11 is 1.74. The van der Waals surface area contributed by atoms with Crippen LogP contribution >= 0.6 is 11.8 Å². The highest BCUT2D eigenvalue weighted by atomic mass is 32.2. The molecule has 0 saturated heterocycles. The van der Waals surface area contributed by atoms with E-state index in [4.69, 9.17) is 5.11 Å². The number of nitrogens with one attached hydrogen (secondary N) is 1. The predicted octanol–water partition coefficient (Wildman–Crippen LogP) is 1.02. The van der Waals surface area contributed by atoms with Crippen LogP contribution in [0.15, 0.2) is 0 Å².